The molecule has 4 rings (SSSR count). The Morgan fingerprint density at radius 3 is 2.45 bits per heavy atom. The lowest BCUT2D eigenvalue weighted by atomic mass is 9.94. The van der Waals surface area contributed by atoms with E-state index >= 15 is 0 Å². The van der Waals surface area contributed by atoms with Gasteiger partial charge in [0.25, 0.3) is 0 Å². The molecule has 0 spiro atoms. The van der Waals surface area contributed by atoms with E-state index in [-0.39, 0.29) is 5.91 Å². The molecule has 8 heteroatoms. The molecule has 156 valence electrons. The quantitative estimate of drug-likeness (QED) is 0.809. The van der Waals surface area contributed by atoms with Crippen molar-refractivity contribution < 1.29 is 4.79 Å². The molecule has 2 aromatic rings. The first-order valence-electron chi connectivity index (χ1n) is 10.6. The molecule has 0 aromatic carbocycles. The van der Waals surface area contributed by atoms with Gasteiger partial charge in [0.05, 0.1) is 12.1 Å². The summed E-state index contributed by atoms with van der Waals surface area (Å²) in [6, 6.07) is 2.67. The zero-order valence-corrected chi connectivity index (χ0v) is 18.2. The van der Waals surface area contributed by atoms with Crippen molar-refractivity contribution >= 4 is 28.3 Å². The van der Waals surface area contributed by atoms with E-state index in [0.717, 1.165) is 54.4 Å². The number of carbonyl (C=O) groups is 1. The second-order valence-corrected chi connectivity index (χ2v) is 8.99. The van der Waals surface area contributed by atoms with Gasteiger partial charge < -0.3 is 10.2 Å². The lowest BCUT2D eigenvalue weighted by Gasteiger charge is -2.40. The highest BCUT2D eigenvalue weighted by Crippen LogP contribution is 2.24. The monoisotopic (exact) mass is 414 g/mol. The average molecular weight is 415 g/mol. The van der Waals surface area contributed by atoms with Gasteiger partial charge in [-0.2, -0.15) is 0 Å². The van der Waals surface area contributed by atoms with Gasteiger partial charge in [0, 0.05) is 49.0 Å². The molecule has 2 fully saturated rings. The Morgan fingerprint density at radius 1 is 1.07 bits per heavy atom. The number of aryl methyl sites for hydroxylation is 2. The number of anilines is 2. The zero-order chi connectivity index (χ0) is 20.2. The van der Waals surface area contributed by atoms with Crippen molar-refractivity contribution in [2.75, 3.05) is 31.5 Å². The molecule has 1 aliphatic carbocycles. The molecule has 1 N–H and O–H groups in total. The van der Waals surface area contributed by atoms with E-state index in [0.29, 0.717) is 12.4 Å². The highest BCUT2D eigenvalue weighted by Gasteiger charge is 2.27. The number of hydrogen-bond acceptors (Lipinski definition) is 7. The summed E-state index contributed by atoms with van der Waals surface area (Å²) in [6.45, 7) is 7.57. The third-order valence-electron chi connectivity index (χ3n) is 5.84. The van der Waals surface area contributed by atoms with E-state index in [9.17, 15) is 4.79 Å². The molecule has 0 radical (unpaired) electrons. The molecule has 2 aromatic heterocycles. The van der Waals surface area contributed by atoms with Crippen LogP contribution in [-0.2, 0) is 11.2 Å². The number of carbonyl (C=O) groups excluding carboxylic acids is 1. The second-order valence-electron chi connectivity index (χ2n) is 8.13. The average Bonchev–Trinajstić information content (AvgIpc) is 3.14. The lowest BCUT2D eigenvalue weighted by molar-refractivity contribution is -0.132. The van der Waals surface area contributed by atoms with Crippen LogP contribution in [0.4, 0.5) is 11.1 Å². The summed E-state index contributed by atoms with van der Waals surface area (Å²) in [7, 11) is 0. The van der Waals surface area contributed by atoms with Gasteiger partial charge in [-0.15, -0.1) is 11.3 Å². The molecular formula is C21H30N6OS. The van der Waals surface area contributed by atoms with E-state index in [1.807, 2.05) is 30.2 Å². The fourth-order valence-corrected chi connectivity index (χ4v) is 5.08. The summed E-state index contributed by atoms with van der Waals surface area (Å²) in [5, 5.41) is 5.82. The van der Waals surface area contributed by atoms with Crippen LogP contribution >= 0.6 is 11.3 Å². The van der Waals surface area contributed by atoms with Gasteiger partial charge in [-0.25, -0.2) is 15.0 Å². The highest BCUT2D eigenvalue weighted by atomic mass is 32.1. The largest absolute Gasteiger partial charge is 0.340 e. The van der Waals surface area contributed by atoms with Gasteiger partial charge in [0.2, 0.25) is 11.9 Å². The standard InChI is InChI=1S/C21H30N6OS/c1-15-12-16(2)23-20(22-15)25-21-24-17(14-29-21)13-19(28)27-10-8-26(9-11-27)18-6-4-3-5-7-18/h12,14,18H,3-11,13H2,1-2H3,(H,22,23,24,25). The van der Waals surface area contributed by atoms with Crippen LogP contribution < -0.4 is 5.32 Å². The molecule has 2 aliphatic rings. The van der Waals surface area contributed by atoms with Gasteiger partial charge in [-0.05, 0) is 32.8 Å². The third kappa shape index (κ3) is 5.30. The van der Waals surface area contributed by atoms with Crippen molar-refractivity contribution in [2.45, 2.75) is 58.4 Å². The number of nitrogens with one attached hydrogen (secondary N) is 1. The Kier molecular flexibility index (Phi) is 6.40. The first-order chi connectivity index (χ1) is 14.1. The second kappa shape index (κ2) is 9.17. The van der Waals surface area contributed by atoms with Crippen molar-refractivity contribution in [1.82, 2.24) is 24.8 Å². The SMILES string of the molecule is Cc1cc(C)nc(Nc2nc(CC(=O)N3CCN(C4CCCCC4)CC3)cs2)n1. The summed E-state index contributed by atoms with van der Waals surface area (Å²) in [4.78, 5) is 30.7. The van der Waals surface area contributed by atoms with Crippen LogP contribution in [0.25, 0.3) is 0 Å². The minimum absolute atomic E-state index is 0.174. The maximum atomic E-state index is 12.7. The molecular weight excluding hydrogens is 384 g/mol. The number of amides is 1. The summed E-state index contributed by atoms with van der Waals surface area (Å²) >= 11 is 1.48. The Balaban J connectivity index is 1.28. The first-order valence-corrected chi connectivity index (χ1v) is 11.5. The van der Waals surface area contributed by atoms with Gasteiger partial charge >= 0.3 is 0 Å². The summed E-state index contributed by atoms with van der Waals surface area (Å²) in [6.07, 6.45) is 7.11. The van der Waals surface area contributed by atoms with Crippen molar-refractivity contribution in [1.29, 1.82) is 0 Å². The van der Waals surface area contributed by atoms with Crippen molar-refractivity contribution in [3.63, 3.8) is 0 Å². The van der Waals surface area contributed by atoms with Crippen LogP contribution in [-0.4, -0.2) is 62.9 Å². The normalized spacial score (nSPS) is 18.8. The van der Waals surface area contributed by atoms with E-state index in [1.54, 1.807) is 0 Å². The van der Waals surface area contributed by atoms with Crippen LogP contribution in [0.2, 0.25) is 0 Å². The third-order valence-corrected chi connectivity index (χ3v) is 6.65. The Hall–Kier alpha value is -2.06. The minimum atomic E-state index is 0.174. The van der Waals surface area contributed by atoms with Crippen LogP contribution in [0.1, 0.15) is 49.2 Å². The summed E-state index contributed by atoms with van der Waals surface area (Å²) in [5.74, 6) is 0.723. The molecule has 7 nitrogen and oxygen atoms in total. The van der Waals surface area contributed by atoms with E-state index < -0.39 is 0 Å². The van der Waals surface area contributed by atoms with Crippen molar-refractivity contribution in [2.24, 2.45) is 0 Å². The zero-order valence-electron chi connectivity index (χ0n) is 17.4. The van der Waals surface area contributed by atoms with Gasteiger partial charge in [0.15, 0.2) is 5.13 Å². The predicted octanol–water partition coefficient (Wildman–Crippen LogP) is 3.31. The summed E-state index contributed by atoms with van der Waals surface area (Å²) < 4.78 is 0. The Morgan fingerprint density at radius 2 is 1.76 bits per heavy atom. The van der Waals surface area contributed by atoms with Crippen LogP contribution in [0.5, 0.6) is 0 Å². The molecule has 1 amide bonds. The van der Waals surface area contributed by atoms with Crippen LogP contribution in [0.3, 0.4) is 0 Å². The highest BCUT2D eigenvalue weighted by molar-refractivity contribution is 7.13. The lowest BCUT2D eigenvalue weighted by Crippen LogP contribution is -2.52. The molecule has 0 atom stereocenters. The number of nitrogens with zero attached hydrogens (tertiary/aromatic N) is 5. The van der Waals surface area contributed by atoms with Crippen LogP contribution in [0, 0.1) is 13.8 Å². The molecule has 1 saturated carbocycles. The smallest absolute Gasteiger partial charge is 0.229 e. The minimum Gasteiger partial charge on any atom is -0.340 e. The number of rotatable bonds is 5. The summed E-state index contributed by atoms with van der Waals surface area (Å²) in [5.41, 5.74) is 2.64. The molecule has 29 heavy (non-hydrogen) atoms. The number of thiazole rings is 1. The Labute approximate surface area is 176 Å². The fraction of sp³-hybridized carbons (Fsp3) is 0.619. The molecule has 1 saturated heterocycles. The fourth-order valence-electron chi connectivity index (χ4n) is 4.37. The van der Waals surface area contributed by atoms with Gasteiger partial charge in [0.1, 0.15) is 0 Å². The van der Waals surface area contributed by atoms with E-state index in [1.165, 1.54) is 43.4 Å². The van der Waals surface area contributed by atoms with E-state index in [2.05, 4.69) is 25.2 Å². The Bertz CT molecular complexity index is 819. The molecule has 1 aliphatic heterocycles. The van der Waals surface area contributed by atoms with Crippen molar-refractivity contribution in [3.05, 3.63) is 28.5 Å². The molecule has 3 heterocycles. The predicted molar refractivity (Wildman–Crippen MR) is 116 cm³/mol. The maximum absolute atomic E-state index is 12.7. The van der Waals surface area contributed by atoms with Gasteiger partial charge in [-0.1, -0.05) is 19.3 Å². The number of hydrogen-bond donors (Lipinski definition) is 1. The van der Waals surface area contributed by atoms with Crippen molar-refractivity contribution in [3.8, 4) is 0 Å². The molecule has 0 unspecified atom stereocenters. The number of piperazine rings is 1. The van der Waals surface area contributed by atoms with Crippen LogP contribution in [0.15, 0.2) is 11.4 Å². The first kappa shape index (κ1) is 20.2. The molecule has 0 bridgehead atoms. The van der Waals surface area contributed by atoms with Gasteiger partial charge in [-0.3, -0.25) is 9.69 Å². The number of aromatic nitrogens is 3. The topological polar surface area (TPSA) is 74.2 Å². The van der Waals surface area contributed by atoms with E-state index in [4.69, 9.17) is 0 Å². The maximum Gasteiger partial charge on any atom is 0.229 e.